The van der Waals surface area contributed by atoms with Crippen LogP contribution >= 0.6 is 0 Å². The fourth-order valence-corrected chi connectivity index (χ4v) is 1.94. The van der Waals surface area contributed by atoms with Crippen molar-refractivity contribution in [3.63, 3.8) is 0 Å². The van der Waals surface area contributed by atoms with Gasteiger partial charge < -0.3 is 10.1 Å². The minimum absolute atomic E-state index is 0.0730. The molecule has 0 unspecified atom stereocenters. The zero-order valence-corrected chi connectivity index (χ0v) is 10.3. The van der Waals surface area contributed by atoms with Crippen LogP contribution in [0.1, 0.15) is 23.2 Å². The van der Waals surface area contributed by atoms with Gasteiger partial charge in [0.1, 0.15) is 5.82 Å². The minimum atomic E-state index is -0.772. The predicted molar refractivity (Wildman–Crippen MR) is 64.3 cm³/mol. The van der Waals surface area contributed by atoms with Gasteiger partial charge in [-0.05, 0) is 18.9 Å². The molecule has 102 valence electrons. The first-order valence-electron chi connectivity index (χ1n) is 5.79. The molecule has 0 aromatic heterocycles. The van der Waals surface area contributed by atoms with E-state index in [9.17, 15) is 19.3 Å². The normalized spacial score (nSPS) is 21.6. The first-order valence-corrected chi connectivity index (χ1v) is 5.79. The maximum atomic E-state index is 13.5. The Hall–Kier alpha value is -2.02. The highest BCUT2D eigenvalue weighted by Gasteiger charge is 2.31. The first kappa shape index (κ1) is 13.4. The van der Waals surface area contributed by atoms with E-state index >= 15 is 0 Å². The second kappa shape index (κ2) is 5.31. The Morgan fingerprint density at radius 2 is 2.21 bits per heavy atom. The number of hydrogen-bond donors (Lipinski definition) is 1. The van der Waals surface area contributed by atoms with Crippen LogP contribution in [-0.4, -0.2) is 30.1 Å². The molecule has 1 aromatic rings. The van der Waals surface area contributed by atoms with Gasteiger partial charge in [-0.15, -0.1) is 0 Å². The van der Waals surface area contributed by atoms with Crippen molar-refractivity contribution >= 4 is 11.6 Å². The second-order valence-corrected chi connectivity index (χ2v) is 4.42. The molecule has 0 spiro atoms. The van der Waals surface area contributed by atoms with Crippen molar-refractivity contribution in [3.8, 4) is 0 Å². The number of nitrogens with zero attached hydrogens (tertiary/aromatic N) is 1. The topological polar surface area (TPSA) is 81.5 Å². The van der Waals surface area contributed by atoms with Crippen molar-refractivity contribution in [2.45, 2.75) is 25.0 Å². The predicted octanol–water partition coefficient (Wildman–Crippen LogP) is 1.64. The smallest absolute Gasteiger partial charge is 0.270 e. The van der Waals surface area contributed by atoms with Gasteiger partial charge in [0.05, 0.1) is 16.6 Å². The Balaban J connectivity index is 2.06. The van der Waals surface area contributed by atoms with Crippen LogP contribution in [0.3, 0.4) is 0 Å². The Bertz CT molecular complexity index is 514. The summed E-state index contributed by atoms with van der Waals surface area (Å²) < 4.78 is 18.6. The lowest BCUT2D eigenvalue weighted by atomic mass is 9.89. The molecule has 1 aliphatic rings. The second-order valence-electron chi connectivity index (χ2n) is 4.42. The summed E-state index contributed by atoms with van der Waals surface area (Å²) in [6, 6.07) is 2.82. The average Bonchev–Trinajstić information content (AvgIpc) is 2.33. The molecule has 1 saturated carbocycles. The Morgan fingerprint density at radius 1 is 1.53 bits per heavy atom. The summed E-state index contributed by atoms with van der Waals surface area (Å²) in [4.78, 5) is 21.8. The molecule has 0 bridgehead atoms. The minimum Gasteiger partial charge on any atom is -0.381 e. The van der Waals surface area contributed by atoms with E-state index in [-0.39, 0.29) is 23.4 Å². The molecule has 1 aliphatic carbocycles. The molecule has 0 aliphatic heterocycles. The Kier molecular flexibility index (Phi) is 3.75. The molecule has 0 saturated heterocycles. The molecule has 7 heteroatoms. The van der Waals surface area contributed by atoms with Gasteiger partial charge in [0.15, 0.2) is 0 Å². The average molecular weight is 268 g/mol. The standard InChI is InChI=1S/C12H13FN2O4/c1-19-9-4-7(5-9)14-12(16)10-6-8(15(17)18)2-3-11(10)13/h2-3,6-7,9H,4-5H2,1H3,(H,14,16). The highest BCUT2D eigenvalue weighted by atomic mass is 19.1. The molecule has 0 heterocycles. The Labute approximate surface area is 108 Å². The van der Waals surface area contributed by atoms with Gasteiger partial charge in [0.25, 0.3) is 11.6 Å². The van der Waals surface area contributed by atoms with Crippen LogP contribution in [0.15, 0.2) is 18.2 Å². The number of methoxy groups -OCH3 is 1. The van der Waals surface area contributed by atoms with E-state index in [0.29, 0.717) is 12.8 Å². The monoisotopic (exact) mass is 268 g/mol. The number of nitro groups is 1. The summed E-state index contributed by atoms with van der Waals surface area (Å²) in [6.45, 7) is 0. The van der Waals surface area contributed by atoms with E-state index < -0.39 is 16.6 Å². The number of halogens is 1. The van der Waals surface area contributed by atoms with Gasteiger partial charge in [-0.25, -0.2) is 4.39 Å². The lowest BCUT2D eigenvalue weighted by Crippen LogP contribution is -2.47. The van der Waals surface area contributed by atoms with Crippen LogP contribution in [0.2, 0.25) is 0 Å². The van der Waals surface area contributed by atoms with Crippen molar-refractivity contribution < 1.29 is 18.8 Å². The van der Waals surface area contributed by atoms with Crippen molar-refractivity contribution in [3.05, 3.63) is 39.7 Å². The summed E-state index contributed by atoms with van der Waals surface area (Å²) in [7, 11) is 1.59. The number of amides is 1. The fraction of sp³-hybridized carbons (Fsp3) is 0.417. The summed E-state index contributed by atoms with van der Waals surface area (Å²) >= 11 is 0. The van der Waals surface area contributed by atoms with Crippen LogP contribution in [0.4, 0.5) is 10.1 Å². The van der Waals surface area contributed by atoms with Crippen molar-refractivity contribution in [1.82, 2.24) is 5.32 Å². The third-order valence-electron chi connectivity index (χ3n) is 3.17. The van der Waals surface area contributed by atoms with Gasteiger partial charge in [0, 0.05) is 25.3 Å². The summed E-state index contributed by atoms with van der Waals surface area (Å²) in [6.07, 6.45) is 1.44. The van der Waals surface area contributed by atoms with Gasteiger partial charge in [-0.2, -0.15) is 0 Å². The maximum Gasteiger partial charge on any atom is 0.270 e. The molecule has 1 fully saturated rings. The summed E-state index contributed by atoms with van der Waals surface area (Å²) in [5, 5.41) is 13.2. The number of carbonyl (C=O) groups is 1. The fourth-order valence-electron chi connectivity index (χ4n) is 1.94. The van der Waals surface area contributed by atoms with Gasteiger partial charge in [-0.1, -0.05) is 0 Å². The number of rotatable bonds is 4. The van der Waals surface area contributed by atoms with Crippen LogP contribution in [-0.2, 0) is 4.74 Å². The van der Waals surface area contributed by atoms with E-state index in [4.69, 9.17) is 4.74 Å². The highest BCUT2D eigenvalue weighted by Crippen LogP contribution is 2.23. The third kappa shape index (κ3) is 2.87. The number of nitrogens with one attached hydrogen (secondary N) is 1. The molecular weight excluding hydrogens is 255 g/mol. The molecule has 1 amide bonds. The lowest BCUT2D eigenvalue weighted by molar-refractivity contribution is -0.384. The maximum absolute atomic E-state index is 13.5. The van der Waals surface area contributed by atoms with E-state index in [1.807, 2.05) is 0 Å². The number of nitro benzene ring substituents is 1. The zero-order valence-electron chi connectivity index (χ0n) is 10.3. The van der Waals surface area contributed by atoms with Gasteiger partial charge >= 0.3 is 0 Å². The van der Waals surface area contributed by atoms with Crippen molar-refractivity contribution in [1.29, 1.82) is 0 Å². The third-order valence-corrected chi connectivity index (χ3v) is 3.17. The lowest BCUT2D eigenvalue weighted by Gasteiger charge is -2.34. The molecule has 0 atom stereocenters. The van der Waals surface area contributed by atoms with E-state index in [1.165, 1.54) is 0 Å². The highest BCUT2D eigenvalue weighted by molar-refractivity contribution is 5.95. The molecule has 0 radical (unpaired) electrons. The van der Waals surface area contributed by atoms with Crippen molar-refractivity contribution in [2.75, 3.05) is 7.11 Å². The molecule has 1 aromatic carbocycles. The van der Waals surface area contributed by atoms with Gasteiger partial charge in [-0.3, -0.25) is 14.9 Å². The largest absolute Gasteiger partial charge is 0.381 e. The van der Waals surface area contributed by atoms with E-state index in [2.05, 4.69) is 5.32 Å². The van der Waals surface area contributed by atoms with E-state index in [0.717, 1.165) is 18.2 Å². The van der Waals surface area contributed by atoms with Crippen LogP contribution in [0, 0.1) is 15.9 Å². The van der Waals surface area contributed by atoms with Gasteiger partial charge in [0.2, 0.25) is 0 Å². The number of hydrogen-bond acceptors (Lipinski definition) is 4. The zero-order chi connectivity index (χ0) is 14.0. The molecule has 2 rings (SSSR count). The first-order chi connectivity index (χ1) is 9.01. The summed E-state index contributed by atoms with van der Waals surface area (Å²) in [5.41, 5.74) is -0.620. The number of non-ortho nitro benzene ring substituents is 1. The summed E-state index contributed by atoms with van der Waals surface area (Å²) in [5.74, 6) is -1.41. The number of carbonyl (C=O) groups excluding carboxylic acids is 1. The molecular formula is C12H13FN2O4. The number of ether oxygens (including phenoxy) is 1. The number of benzene rings is 1. The van der Waals surface area contributed by atoms with Crippen LogP contribution in [0.25, 0.3) is 0 Å². The van der Waals surface area contributed by atoms with Crippen LogP contribution in [0.5, 0.6) is 0 Å². The molecule has 1 N–H and O–H groups in total. The molecule has 19 heavy (non-hydrogen) atoms. The SMILES string of the molecule is COC1CC(NC(=O)c2cc([N+](=O)[O-])ccc2F)C1. The van der Waals surface area contributed by atoms with Crippen molar-refractivity contribution in [2.24, 2.45) is 0 Å². The van der Waals surface area contributed by atoms with E-state index in [1.54, 1.807) is 7.11 Å². The Morgan fingerprint density at radius 3 is 2.79 bits per heavy atom. The molecule has 6 nitrogen and oxygen atoms in total. The van der Waals surface area contributed by atoms with Crippen LogP contribution < -0.4 is 5.32 Å². The quantitative estimate of drug-likeness (QED) is 0.664.